The largest absolute Gasteiger partial charge is 0.573 e. The van der Waals surface area contributed by atoms with Crippen molar-refractivity contribution in [3.63, 3.8) is 0 Å². The number of rotatable bonds is 10. The average molecular weight is 447 g/mol. The maximum atomic E-state index is 12.5. The number of ether oxygens (including phenoxy) is 1. The molecule has 1 heterocycles. The minimum atomic E-state index is -4.79. The lowest BCUT2D eigenvalue weighted by Crippen LogP contribution is -2.35. The van der Waals surface area contributed by atoms with Crippen LogP contribution in [0.2, 0.25) is 0 Å². The third kappa shape index (κ3) is 7.42. The second-order valence-electron chi connectivity index (χ2n) is 7.32. The molecule has 0 spiro atoms. The van der Waals surface area contributed by atoms with Crippen molar-refractivity contribution in [2.24, 2.45) is 0 Å². The normalized spacial score (nSPS) is 11.5. The van der Waals surface area contributed by atoms with E-state index in [9.17, 15) is 18.0 Å². The molecule has 3 aromatic rings. The number of para-hydroxylation sites is 1. The smallest absolute Gasteiger partial charge is 0.405 e. The lowest BCUT2D eigenvalue weighted by atomic mass is 10.1. The standard InChI is InChI=1S/C23H24F3N3O3/c1-29(13-7-11-19-14-20(28-32-19)17-8-3-2-4-9-17)16-22(30)27-15-18-10-5-6-12-21(18)31-23(24,25)26/h2-6,8-10,12,14H,7,11,13,15-16H2,1H3,(H,27,30). The first-order valence-corrected chi connectivity index (χ1v) is 10.1. The van der Waals surface area contributed by atoms with Crippen LogP contribution in [0.25, 0.3) is 11.3 Å². The van der Waals surface area contributed by atoms with Crippen molar-refractivity contribution in [2.45, 2.75) is 25.7 Å². The van der Waals surface area contributed by atoms with Crippen molar-refractivity contribution >= 4 is 5.91 Å². The lowest BCUT2D eigenvalue weighted by molar-refractivity contribution is -0.274. The number of hydrogen-bond acceptors (Lipinski definition) is 5. The summed E-state index contributed by atoms with van der Waals surface area (Å²) in [7, 11) is 1.80. The molecule has 0 aliphatic heterocycles. The Kier molecular flexibility index (Phi) is 7.88. The number of amides is 1. The summed E-state index contributed by atoms with van der Waals surface area (Å²) in [6, 6.07) is 17.4. The van der Waals surface area contributed by atoms with Crippen LogP contribution in [0.1, 0.15) is 17.7 Å². The molecular formula is C23H24F3N3O3. The fraction of sp³-hybridized carbons (Fsp3) is 0.304. The Bertz CT molecular complexity index is 1010. The van der Waals surface area contributed by atoms with Gasteiger partial charge in [-0.2, -0.15) is 0 Å². The van der Waals surface area contributed by atoms with Crippen LogP contribution in [0.15, 0.2) is 65.2 Å². The Labute approximate surface area is 184 Å². The van der Waals surface area contributed by atoms with Crippen molar-refractivity contribution in [1.29, 1.82) is 0 Å². The van der Waals surface area contributed by atoms with Crippen LogP contribution in [-0.2, 0) is 17.8 Å². The Morgan fingerprint density at radius 2 is 1.84 bits per heavy atom. The molecule has 170 valence electrons. The Hall–Kier alpha value is -3.33. The van der Waals surface area contributed by atoms with E-state index in [4.69, 9.17) is 4.52 Å². The van der Waals surface area contributed by atoms with Gasteiger partial charge in [0.15, 0.2) is 0 Å². The molecule has 0 atom stereocenters. The van der Waals surface area contributed by atoms with Crippen LogP contribution in [-0.4, -0.2) is 42.5 Å². The van der Waals surface area contributed by atoms with E-state index in [1.807, 2.05) is 41.3 Å². The molecule has 0 radical (unpaired) electrons. The number of alkyl halides is 3. The van der Waals surface area contributed by atoms with Gasteiger partial charge in [0.05, 0.1) is 6.54 Å². The van der Waals surface area contributed by atoms with E-state index in [0.29, 0.717) is 13.0 Å². The van der Waals surface area contributed by atoms with Gasteiger partial charge in [0.25, 0.3) is 0 Å². The highest BCUT2D eigenvalue weighted by Gasteiger charge is 2.32. The first-order chi connectivity index (χ1) is 15.3. The molecule has 1 N–H and O–H groups in total. The van der Waals surface area contributed by atoms with Gasteiger partial charge in [0.1, 0.15) is 17.2 Å². The minimum absolute atomic E-state index is 0.0563. The SMILES string of the molecule is CN(CCCc1cc(-c2ccccc2)no1)CC(=O)NCc1ccccc1OC(F)(F)F. The van der Waals surface area contributed by atoms with Crippen molar-refractivity contribution in [3.8, 4) is 17.0 Å². The third-order valence-corrected chi connectivity index (χ3v) is 4.68. The van der Waals surface area contributed by atoms with Gasteiger partial charge in [-0.15, -0.1) is 13.2 Å². The number of hydrogen-bond donors (Lipinski definition) is 1. The van der Waals surface area contributed by atoms with Crippen LogP contribution in [0.3, 0.4) is 0 Å². The van der Waals surface area contributed by atoms with Crippen molar-refractivity contribution in [3.05, 3.63) is 72.0 Å². The molecule has 9 heteroatoms. The Balaban J connectivity index is 1.40. The average Bonchev–Trinajstić information content (AvgIpc) is 3.21. The number of nitrogens with zero attached hydrogens (tertiary/aromatic N) is 2. The van der Waals surface area contributed by atoms with Gasteiger partial charge in [0, 0.05) is 30.2 Å². The quantitative estimate of drug-likeness (QED) is 0.498. The number of aromatic nitrogens is 1. The van der Waals surface area contributed by atoms with E-state index in [1.165, 1.54) is 18.2 Å². The Morgan fingerprint density at radius 1 is 1.12 bits per heavy atom. The molecule has 0 aliphatic rings. The van der Waals surface area contributed by atoms with Gasteiger partial charge in [-0.25, -0.2) is 0 Å². The molecule has 6 nitrogen and oxygen atoms in total. The molecule has 3 rings (SSSR count). The van der Waals surface area contributed by atoms with Crippen molar-refractivity contribution < 1.29 is 27.2 Å². The number of halogens is 3. The first kappa shape index (κ1) is 23.3. The van der Waals surface area contributed by atoms with E-state index < -0.39 is 6.36 Å². The molecule has 0 saturated carbocycles. The minimum Gasteiger partial charge on any atom is -0.405 e. The zero-order valence-corrected chi connectivity index (χ0v) is 17.6. The molecule has 32 heavy (non-hydrogen) atoms. The van der Waals surface area contributed by atoms with Gasteiger partial charge in [0.2, 0.25) is 5.91 Å². The number of nitrogens with one attached hydrogen (secondary N) is 1. The first-order valence-electron chi connectivity index (χ1n) is 10.1. The number of benzene rings is 2. The highest BCUT2D eigenvalue weighted by atomic mass is 19.4. The molecule has 0 aliphatic carbocycles. The van der Waals surface area contributed by atoms with Crippen LogP contribution in [0.5, 0.6) is 5.75 Å². The summed E-state index contributed by atoms with van der Waals surface area (Å²) in [6.07, 6.45) is -3.35. The van der Waals surface area contributed by atoms with E-state index in [1.54, 1.807) is 13.1 Å². The van der Waals surface area contributed by atoms with Crippen LogP contribution < -0.4 is 10.1 Å². The fourth-order valence-corrected chi connectivity index (χ4v) is 3.15. The van der Waals surface area contributed by atoms with E-state index in [2.05, 4.69) is 15.2 Å². The van der Waals surface area contributed by atoms with Gasteiger partial charge in [-0.05, 0) is 26.1 Å². The number of carbonyl (C=O) groups excluding carboxylic acids is 1. The highest BCUT2D eigenvalue weighted by molar-refractivity contribution is 5.78. The van der Waals surface area contributed by atoms with E-state index in [-0.39, 0.29) is 30.3 Å². The summed E-state index contributed by atoms with van der Waals surface area (Å²) in [5, 5.41) is 6.71. The van der Waals surface area contributed by atoms with Crippen molar-refractivity contribution in [1.82, 2.24) is 15.4 Å². The number of likely N-dealkylation sites (N-methyl/N-ethyl adjacent to an activating group) is 1. The molecule has 0 fully saturated rings. The maximum Gasteiger partial charge on any atom is 0.573 e. The van der Waals surface area contributed by atoms with Crippen LogP contribution >= 0.6 is 0 Å². The molecule has 2 aromatic carbocycles. The van der Waals surface area contributed by atoms with E-state index >= 15 is 0 Å². The lowest BCUT2D eigenvalue weighted by Gasteiger charge is -2.17. The monoisotopic (exact) mass is 447 g/mol. The van der Waals surface area contributed by atoms with Crippen molar-refractivity contribution in [2.75, 3.05) is 20.1 Å². The molecular weight excluding hydrogens is 423 g/mol. The molecule has 0 bridgehead atoms. The van der Waals surface area contributed by atoms with Gasteiger partial charge < -0.3 is 14.6 Å². The zero-order valence-electron chi connectivity index (χ0n) is 17.6. The number of aryl methyl sites for hydroxylation is 1. The molecule has 1 amide bonds. The molecule has 0 unspecified atom stereocenters. The zero-order chi connectivity index (χ0) is 23.0. The van der Waals surface area contributed by atoms with Gasteiger partial charge >= 0.3 is 6.36 Å². The number of carbonyl (C=O) groups is 1. The fourth-order valence-electron chi connectivity index (χ4n) is 3.15. The second-order valence-corrected chi connectivity index (χ2v) is 7.32. The summed E-state index contributed by atoms with van der Waals surface area (Å²) in [6.45, 7) is 0.704. The van der Waals surface area contributed by atoms with Gasteiger partial charge in [-0.3, -0.25) is 9.69 Å². The summed E-state index contributed by atoms with van der Waals surface area (Å²) < 4.78 is 46.9. The molecule has 1 aromatic heterocycles. The highest BCUT2D eigenvalue weighted by Crippen LogP contribution is 2.26. The maximum absolute atomic E-state index is 12.5. The molecule has 0 saturated heterocycles. The summed E-state index contributed by atoms with van der Waals surface area (Å²) in [4.78, 5) is 14.0. The summed E-state index contributed by atoms with van der Waals surface area (Å²) >= 11 is 0. The van der Waals surface area contributed by atoms with Crippen LogP contribution in [0.4, 0.5) is 13.2 Å². The predicted molar refractivity (Wildman–Crippen MR) is 113 cm³/mol. The van der Waals surface area contributed by atoms with Crippen LogP contribution in [0, 0.1) is 0 Å². The van der Waals surface area contributed by atoms with Gasteiger partial charge in [-0.1, -0.05) is 53.7 Å². The third-order valence-electron chi connectivity index (χ3n) is 4.68. The van der Waals surface area contributed by atoms with E-state index in [0.717, 1.165) is 23.4 Å². The summed E-state index contributed by atoms with van der Waals surface area (Å²) in [5.41, 5.74) is 2.02. The topological polar surface area (TPSA) is 67.6 Å². The Morgan fingerprint density at radius 3 is 2.59 bits per heavy atom. The summed E-state index contributed by atoms with van der Waals surface area (Å²) in [5.74, 6) is 0.152. The predicted octanol–water partition coefficient (Wildman–Crippen LogP) is 4.42. The second kappa shape index (κ2) is 10.8.